The molecule has 0 amide bonds. The van der Waals surface area contributed by atoms with Crippen LogP contribution in [0.4, 0.5) is 5.82 Å². The SMILES string of the molecule is COC(=O)[C@H]1C[C@@H]1CN(C)CC[C@H](C)Oc1cccc(OC)c1-c1cc2cc(N)ncc2n1C. The molecule has 8 nitrogen and oxygen atoms in total. The number of hydrogen-bond donors (Lipinski definition) is 1. The summed E-state index contributed by atoms with van der Waals surface area (Å²) in [7, 11) is 7.22. The molecule has 1 aromatic carbocycles. The first-order chi connectivity index (χ1) is 16.3. The Morgan fingerprint density at radius 1 is 1.29 bits per heavy atom. The third-order valence-electron chi connectivity index (χ3n) is 6.63. The molecule has 0 saturated heterocycles. The summed E-state index contributed by atoms with van der Waals surface area (Å²) in [6, 6.07) is 9.83. The number of esters is 1. The van der Waals surface area contributed by atoms with Crippen molar-refractivity contribution in [3.63, 3.8) is 0 Å². The predicted molar refractivity (Wildman–Crippen MR) is 133 cm³/mol. The summed E-state index contributed by atoms with van der Waals surface area (Å²) >= 11 is 0. The number of pyridine rings is 1. The van der Waals surface area contributed by atoms with Crippen LogP contribution in [-0.2, 0) is 16.6 Å². The van der Waals surface area contributed by atoms with Gasteiger partial charge in [-0.2, -0.15) is 0 Å². The van der Waals surface area contributed by atoms with Crippen LogP contribution in [0, 0.1) is 11.8 Å². The van der Waals surface area contributed by atoms with Crippen molar-refractivity contribution >= 4 is 22.7 Å². The lowest BCUT2D eigenvalue weighted by atomic mass is 10.1. The van der Waals surface area contributed by atoms with Gasteiger partial charge in [0, 0.05) is 25.5 Å². The minimum atomic E-state index is -0.0903. The molecular weight excluding hydrogens is 432 g/mol. The minimum Gasteiger partial charge on any atom is -0.496 e. The number of benzene rings is 1. The Labute approximate surface area is 200 Å². The summed E-state index contributed by atoms with van der Waals surface area (Å²) in [6.45, 7) is 3.85. The third kappa shape index (κ3) is 4.97. The number of carbonyl (C=O) groups excluding carboxylic acids is 1. The van der Waals surface area contributed by atoms with Crippen molar-refractivity contribution in [1.82, 2.24) is 14.5 Å². The van der Waals surface area contributed by atoms with Gasteiger partial charge in [0.25, 0.3) is 0 Å². The van der Waals surface area contributed by atoms with E-state index in [0.29, 0.717) is 11.7 Å². The Morgan fingerprint density at radius 3 is 2.79 bits per heavy atom. The molecule has 2 heterocycles. The number of fused-ring (bicyclic) bond motifs is 1. The maximum Gasteiger partial charge on any atom is 0.308 e. The van der Waals surface area contributed by atoms with Crippen molar-refractivity contribution in [1.29, 1.82) is 0 Å². The van der Waals surface area contributed by atoms with Crippen molar-refractivity contribution in [2.45, 2.75) is 25.9 Å². The van der Waals surface area contributed by atoms with Crippen LogP contribution in [0.1, 0.15) is 19.8 Å². The van der Waals surface area contributed by atoms with Gasteiger partial charge in [0.05, 0.1) is 49.2 Å². The van der Waals surface area contributed by atoms with Gasteiger partial charge in [-0.05, 0) is 57.0 Å². The molecule has 0 bridgehead atoms. The summed E-state index contributed by atoms with van der Waals surface area (Å²) < 4.78 is 19.1. The number of nitrogen functional groups attached to an aromatic ring is 1. The standard InChI is InChI=1S/C26H34N4O4/c1-16(9-10-29(2)15-18-11-19(18)26(31)33-5)34-23-8-6-7-22(32-4)25(23)20-12-17-13-24(27)28-14-21(17)30(20)3/h6-8,12-14,16,18-19H,9-11,15H2,1-5H3,(H2,27,28)/t16-,18+,19-/m0/s1. The second-order valence-electron chi connectivity index (χ2n) is 9.19. The fraction of sp³-hybridized carbons (Fsp3) is 0.462. The number of rotatable bonds is 10. The predicted octanol–water partition coefficient (Wildman–Crippen LogP) is 3.73. The molecular formula is C26H34N4O4. The minimum absolute atomic E-state index is 0.00379. The Balaban J connectivity index is 1.47. The summed E-state index contributed by atoms with van der Waals surface area (Å²) in [6.07, 6.45) is 3.56. The Morgan fingerprint density at radius 2 is 2.06 bits per heavy atom. The molecule has 3 atom stereocenters. The number of carbonyl (C=O) groups is 1. The van der Waals surface area contributed by atoms with Crippen molar-refractivity contribution in [3.8, 4) is 22.8 Å². The van der Waals surface area contributed by atoms with Gasteiger partial charge < -0.3 is 29.4 Å². The van der Waals surface area contributed by atoms with E-state index in [0.717, 1.165) is 59.6 Å². The highest BCUT2D eigenvalue weighted by Crippen LogP contribution is 2.41. The number of nitrogens with zero attached hydrogens (tertiary/aromatic N) is 3. The molecule has 1 fully saturated rings. The van der Waals surface area contributed by atoms with Gasteiger partial charge in [0.2, 0.25) is 0 Å². The van der Waals surface area contributed by atoms with Gasteiger partial charge in [0.1, 0.15) is 17.3 Å². The molecule has 8 heteroatoms. The van der Waals surface area contributed by atoms with E-state index in [1.165, 1.54) is 7.11 Å². The van der Waals surface area contributed by atoms with Crippen LogP contribution in [0.15, 0.2) is 36.5 Å². The van der Waals surface area contributed by atoms with E-state index in [1.807, 2.05) is 31.3 Å². The monoisotopic (exact) mass is 466 g/mol. The van der Waals surface area contributed by atoms with Crippen molar-refractivity contribution < 1.29 is 19.0 Å². The number of aryl methyl sites for hydroxylation is 1. The third-order valence-corrected chi connectivity index (χ3v) is 6.63. The second-order valence-corrected chi connectivity index (χ2v) is 9.19. The molecule has 1 saturated carbocycles. The highest BCUT2D eigenvalue weighted by Gasteiger charge is 2.44. The molecule has 1 aliphatic rings. The van der Waals surface area contributed by atoms with Crippen molar-refractivity contribution in [3.05, 3.63) is 36.5 Å². The highest BCUT2D eigenvalue weighted by molar-refractivity contribution is 5.90. The van der Waals surface area contributed by atoms with E-state index < -0.39 is 0 Å². The van der Waals surface area contributed by atoms with E-state index >= 15 is 0 Å². The smallest absolute Gasteiger partial charge is 0.308 e. The van der Waals surface area contributed by atoms with Gasteiger partial charge in [-0.3, -0.25) is 4.79 Å². The first-order valence-corrected chi connectivity index (χ1v) is 11.6. The Kier molecular flexibility index (Phi) is 6.97. The number of anilines is 1. The molecule has 3 aromatic rings. The van der Waals surface area contributed by atoms with Crippen LogP contribution in [-0.4, -0.2) is 60.9 Å². The average Bonchev–Trinajstić information content (AvgIpc) is 3.51. The number of hydrogen-bond acceptors (Lipinski definition) is 7. The molecule has 0 radical (unpaired) electrons. The lowest BCUT2D eigenvalue weighted by molar-refractivity contribution is -0.142. The molecule has 0 aliphatic heterocycles. The van der Waals surface area contributed by atoms with Crippen LogP contribution in [0.2, 0.25) is 0 Å². The van der Waals surface area contributed by atoms with Gasteiger partial charge >= 0.3 is 5.97 Å². The van der Waals surface area contributed by atoms with Crippen LogP contribution >= 0.6 is 0 Å². The van der Waals surface area contributed by atoms with E-state index in [4.69, 9.17) is 19.9 Å². The zero-order valence-electron chi connectivity index (χ0n) is 20.6. The lowest BCUT2D eigenvalue weighted by Crippen LogP contribution is -2.27. The van der Waals surface area contributed by atoms with E-state index in [-0.39, 0.29) is 18.0 Å². The number of aromatic nitrogens is 2. The summed E-state index contributed by atoms with van der Waals surface area (Å²) in [4.78, 5) is 18.2. The van der Waals surface area contributed by atoms with Gasteiger partial charge in [0.15, 0.2) is 0 Å². The highest BCUT2D eigenvalue weighted by atomic mass is 16.5. The van der Waals surface area contributed by atoms with Gasteiger partial charge in [-0.15, -0.1) is 0 Å². The molecule has 0 unspecified atom stereocenters. The van der Waals surface area contributed by atoms with Crippen LogP contribution < -0.4 is 15.2 Å². The fourth-order valence-corrected chi connectivity index (χ4v) is 4.58. The zero-order chi connectivity index (χ0) is 24.4. The quantitative estimate of drug-likeness (QED) is 0.455. The molecule has 1 aliphatic carbocycles. The van der Waals surface area contributed by atoms with Crippen molar-refractivity contribution in [2.75, 3.05) is 40.1 Å². The summed E-state index contributed by atoms with van der Waals surface area (Å²) in [5.41, 5.74) is 8.76. The first-order valence-electron chi connectivity index (χ1n) is 11.6. The normalized spacial score (nSPS) is 18.2. The average molecular weight is 467 g/mol. The fourth-order valence-electron chi connectivity index (χ4n) is 4.58. The van der Waals surface area contributed by atoms with Crippen LogP contribution in [0.3, 0.4) is 0 Å². The van der Waals surface area contributed by atoms with E-state index in [9.17, 15) is 4.79 Å². The van der Waals surface area contributed by atoms with Crippen molar-refractivity contribution in [2.24, 2.45) is 18.9 Å². The first kappa shape index (κ1) is 23.9. The van der Waals surface area contributed by atoms with Crippen LogP contribution in [0.25, 0.3) is 22.2 Å². The van der Waals surface area contributed by atoms with Gasteiger partial charge in [-0.25, -0.2) is 4.98 Å². The Hall–Kier alpha value is -3.26. The van der Waals surface area contributed by atoms with E-state index in [2.05, 4.69) is 34.5 Å². The lowest BCUT2D eigenvalue weighted by Gasteiger charge is -2.22. The Bertz CT molecular complexity index is 1180. The van der Waals surface area contributed by atoms with Crippen LogP contribution in [0.5, 0.6) is 11.5 Å². The summed E-state index contributed by atoms with van der Waals surface area (Å²) in [5.74, 6) is 2.38. The number of ether oxygens (including phenoxy) is 3. The van der Waals surface area contributed by atoms with E-state index in [1.54, 1.807) is 13.3 Å². The molecule has 2 aromatic heterocycles. The second kappa shape index (κ2) is 9.93. The molecule has 2 N–H and O–H groups in total. The molecule has 182 valence electrons. The molecule has 34 heavy (non-hydrogen) atoms. The number of methoxy groups -OCH3 is 2. The maximum absolute atomic E-state index is 11.7. The molecule has 0 spiro atoms. The zero-order valence-corrected chi connectivity index (χ0v) is 20.6. The van der Waals surface area contributed by atoms with Gasteiger partial charge in [-0.1, -0.05) is 6.07 Å². The maximum atomic E-state index is 11.7. The largest absolute Gasteiger partial charge is 0.496 e. The number of nitrogens with two attached hydrogens (primary N) is 1. The molecule has 4 rings (SSSR count). The summed E-state index contributed by atoms with van der Waals surface area (Å²) in [5, 5.41) is 1.02. The topological polar surface area (TPSA) is 91.8 Å².